The number of carbonyl (C=O) groups excluding carboxylic acids is 1. The Labute approximate surface area is 175 Å². The molecule has 2 aromatic carbocycles. The lowest BCUT2D eigenvalue weighted by molar-refractivity contribution is 0.0898. The van der Waals surface area contributed by atoms with Crippen molar-refractivity contribution in [2.75, 3.05) is 46.9 Å². The van der Waals surface area contributed by atoms with Crippen molar-refractivity contribution in [1.82, 2.24) is 9.21 Å². The van der Waals surface area contributed by atoms with E-state index in [-0.39, 0.29) is 17.2 Å². The molecule has 0 spiro atoms. The minimum atomic E-state index is -3.58. The molecule has 9 heteroatoms. The summed E-state index contributed by atoms with van der Waals surface area (Å²) in [4.78, 5) is 14.9. The number of piperazine rings is 1. The van der Waals surface area contributed by atoms with Crippen molar-refractivity contribution in [2.24, 2.45) is 0 Å². The molecule has 2 aromatic rings. The summed E-state index contributed by atoms with van der Waals surface area (Å²) in [5.41, 5.74) is 0.447. The highest BCUT2D eigenvalue weighted by Crippen LogP contribution is 2.25. The average Bonchev–Trinajstić information content (AvgIpc) is 2.74. The molecule has 0 N–H and O–H groups in total. The number of carbonyl (C=O) groups is 1. The van der Waals surface area contributed by atoms with Crippen LogP contribution in [0.3, 0.4) is 0 Å². The first-order valence-electron chi connectivity index (χ1n) is 9.08. The van der Waals surface area contributed by atoms with Crippen molar-refractivity contribution < 1.29 is 22.7 Å². The van der Waals surface area contributed by atoms with Gasteiger partial charge in [0.25, 0.3) is 0 Å². The number of rotatable bonds is 7. The van der Waals surface area contributed by atoms with Gasteiger partial charge in [-0.1, -0.05) is 11.6 Å². The van der Waals surface area contributed by atoms with E-state index in [0.29, 0.717) is 48.3 Å². The average molecular weight is 439 g/mol. The van der Waals surface area contributed by atoms with Crippen molar-refractivity contribution in [2.45, 2.75) is 4.90 Å². The van der Waals surface area contributed by atoms with Gasteiger partial charge in [-0.05, 0) is 42.5 Å². The normalized spacial score (nSPS) is 15.8. The zero-order valence-electron chi connectivity index (χ0n) is 16.3. The van der Waals surface area contributed by atoms with Crippen LogP contribution in [0.4, 0.5) is 0 Å². The summed E-state index contributed by atoms with van der Waals surface area (Å²) in [5, 5.41) is 0.486. The second-order valence-electron chi connectivity index (χ2n) is 6.62. The van der Waals surface area contributed by atoms with Crippen LogP contribution in [0.5, 0.6) is 11.5 Å². The van der Waals surface area contributed by atoms with Gasteiger partial charge in [-0.2, -0.15) is 4.31 Å². The highest BCUT2D eigenvalue weighted by Gasteiger charge is 2.29. The lowest BCUT2D eigenvalue weighted by atomic mass is 10.1. The van der Waals surface area contributed by atoms with Gasteiger partial charge in [0.15, 0.2) is 5.78 Å². The fraction of sp³-hybridized carbons (Fsp3) is 0.350. The van der Waals surface area contributed by atoms with Crippen LogP contribution in [-0.4, -0.2) is 70.3 Å². The zero-order chi connectivity index (χ0) is 21.0. The van der Waals surface area contributed by atoms with Crippen LogP contribution in [0.1, 0.15) is 10.4 Å². The summed E-state index contributed by atoms with van der Waals surface area (Å²) in [5.74, 6) is 0.961. The Bertz CT molecular complexity index is 971. The number of ketones is 1. The fourth-order valence-corrected chi connectivity index (χ4v) is 4.75. The van der Waals surface area contributed by atoms with E-state index in [4.69, 9.17) is 21.1 Å². The lowest BCUT2D eigenvalue weighted by Crippen LogP contribution is -2.49. The van der Waals surface area contributed by atoms with Crippen LogP contribution in [-0.2, 0) is 10.0 Å². The largest absolute Gasteiger partial charge is 0.497 e. The number of hydrogen-bond donors (Lipinski definition) is 0. The first-order valence-corrected chi connectivity index (χ1v) is 10.9. The maximum atomic E-state index is 12.8. The van der Waals surface area contributed by atoms with E-state index in [1.165, 1.54) is 30.7 Å². The Morgan fingerprint density at radius 2 is 1.66 bits per heavy atom. The predicted octanol–water partition coefficient (Wildman–Crippen LogP) is 2.55. The number of hydrogen-bond acceptors (Lipinski definition) is 6. The first-order chi connectivity index (χ1) is 13.8. The SMILES string of the molecule is COc1ccc(OC)c(C(=O)CN2CCN(S(=O)(=O)c3ccc(Cl)cc3)CC2)c1. The topological polar surface area (TPSA) is 76.2 Å². The standard InChI is InChI=1S/C20H23ClN2O5S/c1-27-16-5-8-20(28-2)18(13-16)19(24)14-22-9-11-23(12-10-22)29(25,26)17-6-3-15(21)4-7-17/h3-8,13H,9-12,14H2,1-2H3. The molecule has 0 aromatic heterocycles. The molecular formula is C20H23ClN2O5S. The smallest absolute Gasteiger partial charge is 0.243 e. The van der Waals surface area contributed by atoms with Gasteiger partial charge in [0.05, 0.1) is 31.2 Å². The minimum absolute atomic E-state index is 0.102. The number of sulfonamides is 1. The molecule has 1 aliphatic heterocycles. The van der Waals surface area contributed by atoms with Crippen LogP contribution in [0, 0.1) is 0 Å². The third kappa shape index (κ3) is 4.90. The van der Waals surface area contributed by atoms with Crippen LogP contribution < -0.4 is 9.47 Å². The summed E-state index contributed by atoms with van der Waals surface area (Å²) < 4.78 is 37.4. The molecule has 1 aliphatic rings. The third-order valence-electron chi connectivity index (χ3n) is 4.86. The van der Waals surface area contributed by atoms with Crippen molar-refractivity contribution >= 4 is 27.4 Å². The van der Waals surface area contributed by atoms with Crippen LogP contribution in [0.15, 0.2) is 47.4 Å². The molecule has 0 saturated carbocycles. The van der Waals surface area contributed by atoms with Crippen molar-refractivity contribution in [3.05, 3.63) is 53.1 Å². The fourth-order valence-electron chi connectivity index (χ4n) is 3.20. The highest BCUT2D eigenvalue weighted by atomic mass is 35.5. The maximum absolute atomic E-state index is 12.8. The molecule has 7 nitrogen and oxygen atoms in total. The van der Waals surface area contributed by atoms with E-state index in [1.807, 2.05) is 4.90 Å². The molecule has 0 bridgehead atoms. The molecule has 0 aliphatic carbocycles. The Balaban J connectivity index is 1.64. The van der Waals surface area contributed by atoms with Gasteiger partial charge in [-0.25, -0.2) is 8.42 Å². The second kappa shape index (κ2) is 9.13. The summed E-state index contributed by atoms with van der Waals surface area (Å²) in [6.45, 7) is 1.73. The molecule has 0 radical (unpaired) electrons. The number of Topliss-reactive ketones (excluding diaryl/α,β-unsaturated/α-hetero) is 1. The molecular weight excluding hydrogens is 416 g/mol. The summed E-state index contributed by atoms with van der Waals surface area (Å²) >= 11 is 5.84. The van der Waals surface area contributed by atoms with E-state index < -0.39 is 10.0 Å². The molecule has 29 heavy (non-hydrogen) atoms. The number of halogens is 1. The molecule has 1 fully saturated rings. The van der Waals surface area contributed by atoms with Gasteiger partial charge in [0, 0.05) is 31.2 Å². The Morgan fingerprint density at radius 3 is 2.24 bits per heavy atom. The highest BCUT2D eigenvalue weighted by molar-refractivity contribution is 7.89. The first kappa shape index (κ1) is 21.6. The lowest BCUT2D eigenvalue weighted by Gasteiger charge is -2.33. The van der Waals surface area contributed by atoms with Gasteiger partial charge in [0.1, 0.15) is 11.5 Å². The Morgan fingerprint density at radius 1 is 1.00 bits per heavy atom. The summed E-state index contributed by atoms with van der Waals surface area (Å²) in [6.07, 6.45) is 0. The van der Waals surface area contributed by atoms with Crippen molar-refractivity contribution in [3.63, 3.8) is 0 Å². The Hall–Kier alpha value is -2.13. The molecule has 0 amide bonds. The number of nitrogens with zero attached hydrogens (tertiary/aromatic N) is 2. The molecule has 1 heterocycles. The van der Waals surface area contributed by atoms with Gasteiger partial charge >= 0.3 is 0 Å². The number of methoxy groups -OCH3 is 2. The van der Waals surface area contributed by atoms with Gasteiger partial charge in [0.2, 0.25) is 10.0 Å². The van der Waals surface area contributed by atoms with E-state index in [0.717, 1.165) is 0 Å². The quantitative estimate of drug-likeness (QED) is 0.618. The van der Waals surface area contributed by atoms with Crippen LogP contribution in [0.2, 0.25) is 5.02 Å². The molecule has 156 valence electrons. The van der Waals surface area contributed by atoms with Crippen molar-refractivity contribution in [3.8, 4) is 11.5 Å². The Kier molecular flexibility index (Phi) is 6.79. The van der Waals surface area contributed by atoms with E-state index >= 15 is 0 Å². The van der Waals surface area contributed by atoms with Crippen LogP contribution >= 0.6 is 11.6 Å². The molecule has 1 saturated heterocycles. The summed E-state index contributed by atoms with van der Waals surface area (Å²) in [7, 11) is -0.525. The summed E-state index contributed by atoms with van der Waals surface area (Å²) in [6, 6.07) is 11.2. The zero-order valence-corrected chi connectivity index (χ0v) is 17.9. The predicted molar refractivity (Wildman–Crippen MR) is 111 cm³/mol. The van der Waals surface area contributed by atoms with E-state index in [1.54, 1.807) is 30.3 Å². The molecule has 3 rings (SSSR count). The van der Waals surface area contributed by atoms with Gasteiger partial charge in [-0.15, -0.1) is 0 Å². The van der Waals surface area contributed by atoms with Crippen molar-refractivity contribution in [1.29, 1.82) is 0 Å². The van der Waals surface area contributed by atoms with Crippen LogP contribution in [0.25, 0.3) is 0 Å². The van der Waals surface area contributed by atoms with E-state index in [9.17, 15) is 13.2 Å². The molecule has 0 atom stereocenters. The number of benzene rings is 2. The minimum Gasteiger partial charge on any atom is -0.497 e. The third-order valence-corrected chi connectivity index (χ3v) is 7.02. The second-order valence-corrected chi connectivity index (χ2v) is 9.00. The van der Waals surface area contributed by atoms with E-state index in [2.05, 4.69) is 0 Å². The van der Waals surface area contributed by atoms with Gasteiger partial charge in [-0.3, -0.25) is 9.69 Å². The number of ether oxygens (including phenoxy) is 2. The molecule has 0 unspecified atom stereocenters. The van der Waals surface area contributed by atoms with Gasteiger partial charge < -0.3 is 9.47 Å². The maximum Gasteiger partial charge on any atom is 0.243 e. The monoisotopic (exact) mass is 438 g/mol.